The molecule has 1 unspecified atom stereocenters. The van der Waals surface area contributed by atoms with Gasteiger partial charge < -0.3 is 18.6 Å². The van der Waals surface area contributed by atoms with Gasteiger partial charge >= 0.3 is 0 Å². The zero-order valence-corrected chi connectivity index (χ0v) is 20.1. The van der Waals surface area contributed by atoms with Crippen molar-refractivity contribution in [1.82, 2.24) is 4.98 Å². The maximum absolute atomic E-state index is 13.8. The Morgan fingerprint density at radius 2 is 1.71 bits per heavy atom. The van der Waals surface area contributed by atoms with E-state index in [0.717, 1.165) is 11.3 Å². The molecule has 0 bridgehead atoms. The van der Waals surface area contributed by atoms with Crippen LogP contribution in [0.5, 0.6) is 17.2 Å². The first-order chi connectivity index (χ1) is 16.4. The van der Waals surface area contributed by atoms with Crippen LogP contribution < -0.4 is 24.5 Å². The molecule has 5 rings (SSSR count). The number of carbonyl (C=O) groups is 1. The standard InChI is InChI=1S/C25H22N2O6S/c1-12-6-7-16-15(8-12)21(28)19-20(14-9-17(30-3)22(32-5)18(10-14)31-4)27(24(29)23(19)33-16)25-26-13(2)11-34-25/h6-11,20H,1-5H3. The maximum Gasteiger partial charge on any atom is 0.297 e. The van der Waals surface area contributed by atoms with Crippen molar-refractivity contribution in [2.75, 3.05) is 26.2 Å². The van der Waals surface area contributed by atoms with Gasteiger partial charge in [-0.25, -0.2) is 4.98 Å². The van der Waals surface area contributed by atoms with Crippen LogP contribution in [0, 0.1) is 13.8 Å². The predicted octanol–water partition coefficient (Wildman–Crippen LogP) is 4.64. The summed E-state index contributed by atoms with van der Waals surface area (Å²) in [6.45, 7) is 3.75. The minimum Gasteiger partial charge on any atom is -0.493 e. The van der Waals surface area contributed by atoms with E-state index in [1.165, 1.54) is 37.6 Å². The van der Waals surface area contributed by atoms with Crippen LogP contribution >= 0.6 is 11.3 Å². The van der Waals surface area contributed by atoms with Gasteiger partial charge in [-0.2, -0.15) is 0 Å². The SMILES string of the molecule is COc1cc(C2c3c(oc4ccc(C)cc4c3=O)C(=O)N2c2nc(C)cs2)cc(OC)c1OC. The second-order valence-electron chi connectivity index (χ2n) is 7.98. The number of methoxy groups -OCH3 is 3. The topological polar surface area (TPSA) is 91.1 Å². The number of anilines is 1. The molecule has 9 heteroatoms. The van der Waals surface area contributed by atoms with Crippen LogP contribution in [0.4, 0.5) is 5.13 Å². The lowest BCUT2D eigenvalue weighted by atomic mass is 9.97. The van der Waals surface area contributed by atoms with Crippen LogP contribution in [0.25, 0.3) is 11.0 Å². The number of carbonyl (C=O) groups excluding carboxylic acids is 1. The summed E-state index contributed by atoms with van der Waals surface area (Å²) >= 11 is 1.32. The summed E-state index contributed by atoms with van der Waals surface area (Å²) < 4.78 is 22.5. The average Bonchev–Trinajstić information content (AvgIpc) is 3.39. The Hall–Kier alpha value is -3.85. The lowest BCUT2D eigenvalue weighted by Crippen LogP contribution is -2.29. The zero-order chi connectivity index (χ0) is 24.1. The number of hydrogen-bond donors (Lipinski definition) is 0. The van der Waals surface area contributed by atoms with E-state index in [1.54, 1.807) is 24.3 Å². The van der Waals surface area contributed by atoms with Gasteiger partial charge in [0.1, 0.15) is 5.58 Å². The lowest BCUT2D eigenvalue weighted by Gasteiger charge is -2.24. The second kappa shape index (κ2) is 8.18. The molecule has 3 heterocycles. The van der Waals surface area contributed by atoms with Crippen LogP contribution in [-0.2, 0) is 0 Å². The number of fused-ring (bicyclic) bond motifs is 2. The molecule has 8 nitrogen and oxygen atoms in total. The molecule has 0 fully saturated rings. The second-order valence-corrected chi connectivity index (χ2v) is 8.82. The number of ether oxygens (including phenoxy) is 3. The van der Waals surface area contributed by atoms with Gasteiger partial charge in [-0.1, -0.05) is 11.6 Å². The Kier molecular flexibility index (Phi) is 5.28. The molecule has 1 aliphatic rings. The molecule has 1 amide bonds. The molecule has 0 radical (unpaired) electrons. The highest BCUT2D eigenvalue weighted by atomic mass is 32.1. The summed E-state index contributed by atoms with van der Waals surface area (Å²) in [5, 5.41) is 2.74. The van der Waals surface area contributed by atoms with E-state index < -0.39 is 11.9 Å². The number of amides is 1. The summed E-state index contributed by atoms with van der Waals surface area (Å²) in [6.07, 6.45) is 0. The fourth-order valence-electron chi connectivity index (χ4n) is 4.31. The smallest absolute Gasteiger partial charge is 0.297 e. The molecule has 2 aromatic carbocycles. The molecule has 0 saturated heterocycles. The van der Waals surface area contributed by atoms with E-state index in [4.69, 9.17) is 18.6 Å². The van der Waals surface area contributed by atoms with Crippen molar-refractivity contribution in [1.29, 1.82) is 0 Å². The van der Waals surface area contributed by atoms with Crippen LogP contribution in [0.2, 0.25) is 0 Å². The molecule has 0 spiro atoms. The molecule has 4 aromatic rings. The third kappa shape index (κ3) is 3.23. The van der Waals surface area contributed by atoms with E-state index in [0.29, 0.717) is 38.9 Å². The summed E-state index contributed by atoms with van der Waals surface area (Å²) in [7, 11) is 4.55. The lowest BCUT2D eigenvalue weighted by molar-refractivity contribution is 0.0971. The summed E-state index contributed by atoms with van der Waals surface area (Å²) in [5.74, 6) is 0.815. The van der Waals surface area contributed by atoms with Gasteiger partial charge in [-0.3, -0.25) is 14.5 Å². The maximum atomic E-state index is 13.8. The highest BCUT2D eigenvalue weighted by molar-refractivity contribution is 7.14. The molecule has 0 saturated carbocycles. The fourth-order valence-corrected chi connectivity index (χ4v) is 5.14. The monoisotopic (exact) mass is 478 g/mol. The number of aryl methyl sites for hydroxylation is 2. The molecule has 2 aromatic heterocycles. The van der Waals surface area contributed by atoms with Crippen LogP contribution in [0.3, 0.4) is 0 Å². The number of thiazole rings is 1. The largest absolute Gasteiger partial charge is 0.493 e. The zero-order valence-electron chi connectivity index (χ0n) is 19.3. The first-order valence-corrected chi connectivity index (χ1v) is 11.4. The Morgan fingerprint density at radius 3 is 2.29 bits per heavy atom. The molecule has 174 valence electrons. The fraction of sp³-hybridized carbons (Fsp3) is 0.240. The van der Waals surface area contributed by atoms with E-state index in [9.17, 15) is 9.59 Å². The number of aromatic nitrogens is 1. The third-order valence-corrected chi connectivity index (χ3v) is 6.80. The van der Waals surface area contributed by atoms with Gasteiger partial charge in [0.25, 0.3) is 5.91 Å². The summed E-state index contributed by atoms with van der Waals surface area (Å²) in [6, 6.07) is 8.01. The Morgan fingerprint density at radius 1 is 1.00 bits per heavy atom. The van der Waals surface area contributed by atoms with E-state index in [2.05, 4.69) is 4.98 Å². The van der Waals surface area contributed by atoms with E-state index in [-0.39, 0.29) is 16.8 Å². The van der Waals surface area contributed by atoms with E-state index >= 15 is 0 Å². The number of rotatable bonds is 5. The molecule has 0 aliphatic carbocycles. The van der Waals surface area contributed by atoms with Crippen molar-refractivity contribution in [2.45, 2.75) is 19.9 Å². The van der Waals surface area contributed by atoms with Crippen LogP contribution in [0.1, 0.15) is 39.0 Å². The van der Waals surface area contributed by atoms with Gasteiger partial charge in [0.05, 0.1) is 44.0 Å². The normalized spacial score (nSPS) is 15.0. The number of hydrogen-bond acceptors (Lipinski definition) is 8. The van der Waals surface area contributed by atoms with Crippen molar-refractivity contribution in [3.63, 3.8) is 0 Å². The van der Waals surface area contributed by atoms with E-state index in [1.807, 2.05) is 25.3 Å². The Labute approximate surface area is 199 Å². The Balaban J connectivity index is 1.84. The molecule has 34 heavy (non-hydrogen) atoms. The van der Waals surface area contributed by atoms with Gasteiger partial charge in [-0.05, 0) is 43.7 Å². The van der Waals surface area contributed by atoms with Gasteiger partial charge in [0.2, 0.25) is 11.5 Å². The molecule has 1 atom stereocenters. The predicted molar refractivity (Wildman–Crippen MR) is 129 cm³/mol. The average molecular weight is 479 g/mol. The van der Waals surface area contributed by atoms with Crippen molar-refractivity contribution < 1.29 is 23.4 Å². The van der Waals surface area contributed by atoms with Gasteiger partial charge in [0.15, 0.2) is 22.1 Å². The quantitative estimate of drug-likeness (QED) is 0.413. The summed E-state index contributed by atoms with van der Waals surface area (Å²) in [5.41, 5.74) is 2.65. The first-order valence-electron chi connectivity index (χ1n) is 10.5. The van der Waals surface area contributed by atoms with Crippen molar-refractivity contribution >= 4 is 33.3 Å². The molecule has 0 N–H and O–H groups in total. The minimum absolute atomic E-state index is 0.00737. The minimum atomic E-state index is -0.789. The van der Waals surface area contributed by atoms with Crippen LogP contribution in [-0.4, -0.2) is 32.2 Å². The highest BCUT2D eigenvalue weighted by Gasteiger charge is 2.45. The highest BCUT2D eigenvalue weighted by Crippen LogP contribution is 2.46. The Bertz CT molecular complexity index is 1480. The van der Waals surface area contributed by atoms with Crippen molar-refractivity contribution in [3.05, 3.63) is 74.1 Å². The van der Waals surface area contributed by atoms with Crippen molar-refractivity contribution in [3.8, 4) is 17.2 Å². The van der Waals surface area contributed by atoms with Gasteiger partial charge in [-0.15, -0.1) is 11.3 Å². The number of nitrogens with zero attached hydrogens (tertiary/aromatic N) is 2. The molecular weight excluding hydrogens is 456 g/mol. The third-order valence-electron chi connectivity index (χ3n) is 5.84. The van der Waals surface area contributed by atoms with Gasteiger partial charge in [0, 0.05) is 5.38 Å². The van der Waals surface area contributed by atoms with Crippen molar-refractivity contribution in [2.24, 2.45) is 0 Å². The first kappa shape index (κ1) is 22.0. The molecular formula is C25H22N2O6S. The van der Waals surface area contributed by atoms with Crippen LogP contribution in [0.15, 0.2) is 44.9 Å². The summed E-state index contributed by atoms with van der Waals surface area (Å²) in [4.78, 5) is 33.5. The molecule has 1 aliphatic heterocycles. The number of benzene rings is 2.